The molecule has 0 fully saturated rings. The standard InChI is InChI=1S/C53H82O6/c1-4-7-10-13-16-19-21-23-25-26-28-29-31-34-37-40-43-46-52(55)58-49-50(48-57-51(54)45-42-39-36-33-18-15-12-9-6-3)59-53(56)47-44-41-38-35-32-30-27-24-22-20-17-14-11-8-5-2/h7-8,10-11,14,16-17,19-20,22-25,27-29,33-34,36-37,50H,4-6,9,12-13,15,18,21,26,30-32,35,38-49H2,1-3H3/b10-7-,11-8-,17-14-,19-16-,22-20-,25-23-,27-24-,29-28-,36-33-,37-34-. The molecular weight excluding hydrogens is 733 g/mol. The first-order chi connectivity index (χ1) is 29.0. The molecule has 59 heavy (non-hydrogen) atoms. The molecule has 0 saturated carbocycles. The molecule has 0 saturated heterocycles. The number of allylic oxidation sites excluding steroid dienone is 20. The molecule has 1 atom stereocenters. The lowest BCUT2D eigenvalue weighted by molar-refractivity contribution is -0.167. The van der Waals surface area contributed by atoms with Crippen LogP contribution in [0.1, 0.15) is 175 Å². The van der Waals surface area contributed by atoms with Crippen LogP contribution >= 0.6 is 0 Å². The second-order valence-electron chi connectivity index (χ2n) is 14.6. The van der Waals surface area contributed by atoms with Gasteiger partial charge in [-0.15, -0.1) is 0 Å². The van der Waals surface area contributed by atoms with Gasteiger partial charge in [0.05, 0.1) is 0 Å². The van der Waals surface area contributed by atoms with Gasteiger partial charge in [-0.2, -0.15) is 0 Å². The van der Waals surface area contributed by atoms with Crippen LogP contribution in [0.5, 0.6) is 0 Å². The van der Waals surface area contributed by atoms with Crippen LogP contribution in [0.2, 0.25) is 0 Å². The molecule has 330 valence electrons. The predicted octanol–water partition coefficient (Wildman–Crippen LogP) is 15.0. The van der Waals surface area contributed by atoms with Gasteiger partial charge in [0.25, 0.3) is 0 Å². The fraction of sp³-hybridized carbons (Fsp3) is 0.566. The Morgan fingerprint density at radius 1 is 0.373 bits per heavy atom. The first-order valence-electron chi connectivity index (χ1n) is 23.1. The number of hydrogen-bond acceptors (Lipinski definition) is 6. The summed E-state index contributed by atoms with van der Waals surface area (Å²) >= 11 is 0. The molecule has 0 aromatic heterocycles. The summed E-state index contributed by atoms with van der Waals surface area (Å²) in [5.41, 5.74) is 0. The highest BCUT2D eigenvalue weighted by Gasteiger charge is 2.19. The summed E-state index contributed by atoms with van der Waals surface area (Å²) in [5, 5.41) is 0. The SMILES string of the molecule is CC\C=C/C=C\C=C/C=C\CCCCCCCC(=O)OC(COC(=O)CCC/C=C\C/C=C\C/C=C\C/C=C\C/C=C\CC)COC(=O)CCC/C=C\CCCCCC. The number of unbranched alkanes of at least 4 members (excludes halogenated alkanes) is 11. The quantitative estimate of drug-likeness (QED) is 0.0202. The van der Waals surface area contributed by atoms with E-state index < -0.39 is 6.10 Å². The Kier molecular flexibility index (Phi) is 43.2. The summed E-state index contributed by atoms with van der Waals surface area (Å²) in [6, 6.07) is 0. The Bertz CT molecular complexity index is 1300. The fourth-order valence-electron chi connectivity index (χ4n) is 5.61. The van der Waals surface area contributed by atoms with E-state index in [-0.39, 0.29) is 50.4 Å². The molecule has 0 rings (SSSR count). The van der Waals surface area contributed by atoms with Crippen molar-refractivity contribution in [2.75, 3.05) is 13.2 Å². The predicted molar refractivity (Wildman–Crippen MR) is 251 cm³/mol. The molecular formula is C53H82O6. The minimum Gasteiger partial charge on any atom is -0.462 e. The second-order valence-corrected chi connectivity index (χ2v) is 14.6. The minimum absolute atomic E-state index is 0.125. The Hall–Kier alpha value is -4.19. The van der Waals surface area contributed by atoms with Gasteiger partial charge in [-0.3, -0.25) is 14.4 Å². The van der Waals surface area contributed by atoms with Crippen LogP contribution in [0.25, 0.3) is 0 Å². The van der Waals surface area contributed by atoms with Crippen molar-refractivity contribution in [3.63, 3.8) is 0 Å². The third kappa shape index (κ3) is 44.8. The van der Waals surface area contributed by atoms with Gasteiger partial charge in [0, 0.05) is 19.3 Å². The van der Waals surface area contributed by atoms with Gasteiger partial charge in [0.15, 0.2) is 6.10 Å². The number of esters is 3. The van der Waals surface area contributed by atoms with Crippen molar-refractivity contribution in [1.82, 2.24) is 0 Å². The average Bonchev–Trinajstić information content (AvgIpc) is 3.23. The van der Waals surface area contributed by atoms with Crippen LogP contribution in [-0.2, 0) is 28.6 Å². The number of hydrogen-bond donors (Lipinski definition) is 0. The van der Waals surface area contributed by atoms with Crippen LogP contribution in [0.15, 0.2) is 122 Å². The van der Waals surface area contributed by atoms with E-state index in [9.17, 15) is 14.4 Å². The van der Waals surface area contributed by atoms with Crippen molar-refractivity contribution >= 4 is 17.9 Å². The summed E-state index contributed by atoms with van der Waals surface area (Å²) in [5.74, 6) is -1.06. The van der Waals surface area contributed by atoms with Gasteiger partial charge >= 0.3 is 17.9 Å². The lowest BCUT2D eigenvalue weighted by Gasteiger charge is -2.18. The molecule has 0 N–H and O–H groups in total. The monoisotopic (exact) mass is 815 g/mol. The van der Waals surface area contributed by atoms with Crippen LogP contribution < -0.4 is 0 Å². The van der Waals surface area contributed by atoms with E-state index in [4.69, 9.17) is 14.2 Å². The summed E-state index contributed by atoms with van der Waals surface area (Å²) in [6.07, 6.45) is 63.4. The number of carbonyl (C=O) groups is 3. The smallest absolute Gasteiger partial charge is 0.306 e. The van der Waals surface area contributed by atoms with E-state index in [2.05, 4.69) is 118 Å². The molecule has 0 amide bonds. The molecule has 0 heterocycles. The molecule has 0 aliphatic carbocycles. The normalized spacial score (nSPS) is 13.2. The van der Waals surface area contributed by atoms with E-state index in [1.165, 1.54) is 25.7 Å². The molecule has 0 aromatic rings. The van der Waals surface area contributed by atoms with Crippen LogP contribution in [-0.4, -0.2) is 37.2 Å². The molecule has 0 bridgehead atoms. The summed E-state index contributed by atoms with van der Waals surface area (Å²) in [6.45, 7) is 6.22. The Morgan fingerprint density at radius 2 is 0.763 bits per heavy atom. The maximum atomic E-state index is 12.7. The molecule has 0 aliphatic heterocycles. The second kappa shape index (κ2) is 46.5. The van der Waals surface area contributed by atoms with Crippen molar-refractivity contribution in [1.29, 1.82) is 0 Å². The maximum Gasteiger partial charge on any atom is 0.306 e. The lowest BCUT2D eigenvalue weighted by Crippen LogP contribution is -2.30. The van der Waals surface area contributed by atoms with Gasteiger partial charge in [0.1, 0.15) is 13.2 Å². The van der Waals surface area contributed by atoms with E-state index in [0.29, 0.717) is 12.8 Å². The first kappa shape index (κ1) is 54.8. The first-order valence-corrected chi connectivity index (χ1v) is 23.1. The zero-order valence-electron chi connectivity index (χ0n) is 37.5. The van der Waals surface area contributed by atoms with Gasteiger partial charge in [0.2, 0.25) is 0 Å². The molecule has 6 heteroatoms. The molecule has 6 nitrogen and oxygen atoms in total. The summed E-state index contributed by atoms with van der Waals surface area (Å²) < 4.78 is 16.6. The highest BCUT2D eigenvalue weighted by atomic mass is 16.6. The molecule has 0 aromatic carbocycles. The number of rotatable bonds is 39. The fourth-order valence-corrected chi connectivity index (χ4v) is 5.61. The molecule has 0 radical (unpaired) electrons. The van der Waals surface area contributed by atoms with E-state index in [1.807, 2.05) is 24.3 Å². The van der Waals surface area contributed by atoms with Gasteiger partial charge in [-0.1, -0.05) is 181 Å². The molecule has 0 spiro atoms. The van der Waals surface area contributed by atoms with E-state index in [1.54, 1.807) is 0 Å². The maximum absolute atomic E-state index is 12.7. The van der Waals surface area contributed by atoms with Crippen LogP contribution in [0.3, 0.4) is 0 Å². The molecule has 0 aliphatic rings. The van der Waals surface area contributed by atoms with Crippen LogP contribution in [0, 0.1) is 0 Å². The van der Waals surface area contributed by atoms with Crippen LogP contribution in [0.4, 0.5) is 0 Å². The van der Waals surface area contributed by atoms with E-state index in [0.717, 1.165) is 96.3 Å². The van der Waals surface area contributed by atoms with Crippen molar-refractivity contribution in [3.05, 3.63) is 122 Å². The Labute approximate surface area is 361 Å². The third-order valence-electron chi connectivity index (χ3n) is 9.03. The van der Waals surface area contributed by atoms with Gasteiger partial charge in [-0.25, -0.2) is 0 Å². The highest BCUT2D eigenvalue weighted by molar-refractivity contribution is 5.71. The van der Waals surface area contributed by atoms with Crippen molar-refractivity contribution < 1.29 is 28.6 Å². The Morgan fingerprint density at radius 3 is 1.31 bits per heavy atom. The lowest BCUT2D eigenvalue weighted by atomic mass is 10.1. The third-order valence-corrected chi connectivity index (χ3v) is 9.03. The molecule has 1 unspecified atom stereocenters. The largest absolute Gasteiger partial charge is 0.462 e. The van der Waals surface area contributed by atoms with Crippen molar-refractivity contribution in [2.45, 2.75) is 181 Å². The average molecular weight is 815 g/mol. The number of ether oxygens (including phenoxy) is 3. The van der Waals surface area contributed by atoms with Crippen molar-refractivity contribution in [3.8, 4) is 0 Å². The van der Waals surface area contributed by atoms with E-state index >= 15 is 0 Å². The highest BCUT2D eigenvalue weighted by Crippen LogP contribution is 2.11. The topological polar surface area (TPSA) is 78.9 Å². The summed E-state index contributed by atoms with van der Waals surface area (Å²) in [4.78, 5) is 37.7. The van der Waals surface area contributed by atoms with Crippen molar-refractivity contribution in [2.24, 2.45) is 0 Å². The minimum atomic E-state index is -0.825. The van der Waals surface area contributed by atoms with Gasteiger partial charge < -0.3 is 14.2 Å². The Balaban J connectivity index is 4.55. The van der Waals surface area contributed by atoms with Gasteiger partial charge in [-0.05, 0) is 96.3 Å². The summed E-state index contributed by atoms with van der Waals surface area (Å²) in [7, 11) is 0. The zero-order chi connectivity index (χ0) is 43.0. The number of carbonyl (C=O) groups excluding carboxylic acids is 3. The zero-order valence-corrected chi connectivity index (χ0v) is 37.5.